The largest absolute Gasteiger partial charge is 0.0919 e. The molecule has 23 heavy (non-hydrogen) atoms. The molecule has 0 aliphatic carbocycles. The minimum absolute atomic E-state index is 0.914. The standard InChI is InChI=1S/C22H46Si/c1-5-7-9-10-11-12-13-14-15-16-17-18-19-20-22-23(3,4)21-8-6-2/h6,8H,5,7,9-22H2,1-4H3. The summed E-state index contributed by atoms with van der Waals surface area (Å²) in [4.78, 5) is 0. The van der Waals surface area contributed by atoms with Crippen molar-refractivity contribution in [3.63, 3.8) is 0 Å². The Morgan fingerprint density at radius 3 is 1.39 bits per heavy atom. The Balaban J connectivity index is 3.19. The molecule has 0 amide bonds. The molecular weight excluding hydrogens is 292 g/mol. The Morgan fingerprint density at radius 1 is 0.609 bits per heavy atom. The molecule has 0 rings (SSSR count). The lowest BCUT2D eigenvalue weighted by atomic mass is 10.0. The molecule has 0 aromatic rings. The van der Waals surface area contributed by atoms with Crippen LogP contribution in [0.3, 0.4) is 0 Å². The summed E-state index contributed by atoms with van der Waals surface area (Å²) in [5.74, 6) is 0. The lowest BCUT2D eigenvalue weighted by Gasteiger charge is -2.20. The molecule has 0 heterocycles. The SMILES string of the molecule is CC=CC[Si](C)(C)CCCCCCCCCCCCCCCC. The van der Waals surface area contributed by atoms with Crippen molar-refractivity contribution in [3.05, 3.63) is 12.2 Å². The van der Waals surface area contributed by atoms with Gasteiger partial charge in [0.05, 0.1) is 8.07 Å². The smallest absolute Gasteiger partial charge is 0.0511 e. The number of hydrogen-bond donors (Lipinski definition) is 0. The van der Waals surface area contributed by atoms with Crippen LogP contribution in [0.25, 0.3) is 0 Å². The van der Waals surface area contributed by atoms with Crippen LogP contribution in [0.15, 0.2) is 12.2 Å². The molecule has 0 aliphatic rings. The third kappa shape index (κ3) is 18.1. The lowest BCUT2D eigenvalue weighted by molar-refractivity contribution is 0.538. The summed E-state index contributed by atoms with van der Waals surface area (Å²) in [6.45, 7) is 9.55. The second-order valence-corrected chi connectivity index (χ2v) is 13.5. The van der Waals surface area contributed by atoms with Gasteiger partial charge in [-0.3, -0.25) is 0 Å². The normalized spacial score (nSPS) is 12.3. The summed E-state index contributed by atoms with van der Waals surface area (Å²) >= 11 is 0. The lowest BCUT2D eigenvalue weighted by Crippen LogP contribution is -2.23. The van der Waals surface area contributed by atoms with E-state index in [0.29, 0.717) is 0 Å². The van der Waals surface area contributed by atoms with Gasteiger partial charge in [0.15, 0.2) is 0 Å². The van der Waals surface area contributed by atoms with Crippen LogP contribution in [0.4, 0.5) is 0 Å². The third-order valence-electron chi connectivity index (χ3n) is 5.11. The van der Waals surface area contributed by atoms with Crippen LogP contribution in [-0.2, 0) is 0 Å². The summed E-state index contributed by atoms with van der Waals surface area (Å²) in [5, 5.41) is 0. The van der Waals surface area contributed by atoms with Gasteiger partial charge in [-0.25, -0.2) is 0 Å². The predicted molar refractivity (Wildman–Crippen MR) is 112 cm³/mol. The van der Waals surface area contributed by atoms with Gasteiger partial charge in [0.25, 0.3) is 0 Å². The van der Waals surface area contributed by atoms with E-state index < -0.39 is 8.07 Å². The zero-order chi connectivity index (χ0) is 17.2. The minimum atomic E-state index is -0.914. The van der Waals surface area contributed by atoms with Gasteiger partial charge in [-0.2, -0.15) is 0 Å². The van der Waals surface area contributed by atoms with E-state index >= 15 is 0 Å². The molecule has 1 heteroatoms. The van der Waals surface area contributed by atoms with Crippen molar-refractivity contribution in [2.24, 2.45) is 0 Å². The number of rotatable bonds is 17. The molecule has 0 radical (unpaired) electrons. The van der Waals surface area contributed by atoms with Crippen molar-refractivity contribution < 1.29 is 0 Å². The Kier molecular flexibility index (Phi) is 16.8. The van der Waals surface area contributed by atoms with E-state index in [1.54, 1.807) is 0 Å². The van der Waals surface area contributed by atoms with Gasteiger partial charge in [0.1, 0.15) is 0 Å². The van der Waals surface area contributed by atoms with Crippen LogP contribution in [0.2, 0.25) is 25.2 Å². The number of hydrogen-bond acceptors (Lipinski definition) is 0. The summed E-state index contributed by atoms with van der Waals surface area (Å²) in [6.07, 6.45) is 25.2. The molecule has 0 saturated heterocycles. The van der Waals surface area contributed by atoms with Gasteiger partial charge in [0.2, 0.25) is 0 Å². The highest BCUT2D eigenvalue weighted by Crippen LogP contribution is 2.20. The topological polar surface area (TPSA) is 0 Å². The molecular formula is C22H46Si. The third-order valence-corrected chi connectivity index (χ3v) is 8.16. The maximum absolute atomic E-state index is 2.55. The summed E-state index contributed by atoms with van der Waals surface area (Å²) in [5.41, 5.74) is 0. The van der Waals surface area contributed by atoms with E-state index in [9.17, 15) is 0 Å². The van der Waals surface area contributed by atoms with Gasteiger partial charge in [-0.05, 0) is 13.0 Å². The average molecular weight is 339 g/mol. The molecule has 0 N–H and O–H groups in total. The second kappa shape index (κ2) is 16.8. The Bertz CT molecular complexity index is 255. The van der Waals surface area contributed by atoms with E-state index in [-0.39, 0.29) is 0 Å². The van der Waals surface area contributed by atoms with Crippen molar-refractivity contribution in [1.82, 2.24) is 0 Å². The molecule has 0 unspecified atom stereocenters. The average Bonchev–Trinajstić information content (AvgIpc) is 2.53. The molecule has 0 bridgehead atoms. The Labute approximate surface area is 149 Å². The summed E-state index contributed by atoms with van der Waals surface area (Å²) < 4.78 is 0. The fourth-order valence-electron chi connectivity index (χ4n) is 3.34. The quantitative estimate of drug-likeness (QED) is 0.141. The highest BCUT2D eigenvalue weighted by Gasteiger charge is 2.17. The van der Waals surface area contributed by atoms with Crippen LogP contribution >= 0.6 is 0 Å². The maximum atomic E-state index is 2.55. The summed E-state index contributed by atoms with van der Waals surface area (Å²) in [7, 11) is -0.914. The van der Waals surface area contributed by atoms with E-state index in [1.165, 1.54) is 102 Å². The molecule has 0 saturated carbocycles. The molecule has 0 aliphatic heterocycles. The van der Waals surface area contributed by atoms with E-state index in [1.807, 2.05) is 0 Å². The highest BCUT2D eigenvalue weighted by atomic mass is 28.3. The zero-order valence-electron chi connectivity index (χ0n) is 17.0. The molecule has 0 spiro atoms. The zero-order valence-corrected chi connectivity index (χ0v) is 18.0. The fraction of sp³-hybridized carbons (Fsp3) is 0.909. The van der Waals surface area contributed by atoms with Gasteiger partial charge >= 0.3 is 0 Å². The first kappa shape index (κ1) is 23.0. The van der Waals surface area contributed by atoms with Gasteiger partial charge < -0.3 is 0 Å². The van der Waals surface area contributed by atoms with Crippen molar-refractivity contribution in [2.75, 3.05) is 0 Å². The minimum Gasteiger partial charge on any atom is -0.0919 e. The van der Waals surface area contributed by atoms with E-state index in [0.717, 1.165) is 0 Å². The second-order valence-electron chi connectivity index (χ2n) is 8.28. The van der Waals surface area contributed by atoms with Crippen LogP contribution in [0, 0.1) is 0 Å². The van der Waals surface area contributed by atoms with Gasteiger partial charge in [-0.15, -0.1) is 0 Å². The first-order valence-corrected chi connectivity index (χ1v) is 14.1. The van der Waals surface area contributed by atoms with Crippen LogP contribution in [0.1, 0.15) is 104 Å². The van der Waals surface area contributed by atoms with Crippen molar-refractivity contribution in [3.8, 4) is 0 Å². The van der Waals surface area contributed by atoms with Crippen LogP contribution < -0.4 is 0 Å². The molecule has 0 fully saturated rings. The van der Waals surface area contributed by atoms with Crippen molar-refractivity contribution in [2.45, 2.75) is 129 Å². The molecule has 138 valence electrons. The first-order valence-electron chi connectivity index (χ1n) is 10.7. The van der Waals surface area contributed by atoms with Gasteiger partial charge in [-0.1, -0.05) is 128 Å². The molecule has 0 nitrogen and oxygen atoms in total. The summed E-state index contributed by atoms with van der Waals surface area (Å²) in [6, 6.07) is 2.90. The van der Waals surface area contributed by atoms with Crippen LogP contribution in [-0.4, -0.2) is 8.07 Å². The van der Waals surface area contributed by atoms with Gasteiger partial charge in [0, 0.05) is 0 Å². The number of allylic oxidation sites excluding steroid dienone is 2. The Morgan fingerprint density at radius 2 is 1.00 bits per heavy atom. The van der Waals surface area contributed by atoms with Crippen molar-refractivity contribution >= 4 is 8.07 Å². The van der Waals surface area contributed by atoms with Crippen LogP contribution in [0.5, 0.6) is 0 Å². The maximum Gasteiger partial charge on any atom is 0.0511 e. The molecule has 0 aromatic carbocycles. The molecule has 0 aromatic heterocycles. The van der Waals surface area contributed by atoms with E-state index in [2.05, 4.69) is 39.1 Å². The van der Waals surface area contributed by atoms with Crippen molar-refractivity contribution in [1.29, 1.82) is 0 Å². The number of unbranched alkanes of at least 4 members (excludes halogenated alkanes) is 13. The first-order chi connectivity index (χ1) is 11.1. The Hall–Kier alpha value is -0.0431. The fourth-order valence-corrected chi connectivity index (χ4v) is 5.62. The highest BCUT2D eigenvalue weighted by molar-refractivity contribution is 6.77. The molecule has 0 atom stereocenters. The predicted octanol–water partition coefficient (Wildman–Crippen LogP) is 8.75. The monoisotopic (exact) mass is 338 g/mol. The van der Waals surface area contributed by atoms with E-state index in [4.69, 9.17) is 0 Å².